The van der Waals surface area contributed by atoms with Gasteiger partial charge >= 0.3 is 0 Å². The second-order valence-electron chi connectivity index (χ2n) is 4.35. The van der Waals surface area contributed by atoms with Gasteiger partial charge < -0.3 is 9.97 Å². The molecule has 0 unspecified atom stereocenters. The molecule has 0 bridgehead atoms. The molecule has 0 aromatic carbocycles. The van der Waals surface area contributed by atoms with Crippen LogP contribution < -0.4 is 0 Å². The van der Waals surface area contributed by atoms with E-state index < -0.39 is 0 Å². The van der Waals surface area contributed by atoms with Gasteiger partial charge in [0, 0.05) is 43.4 Å². The molecule has 1 aliphatic rings. The Hall–Kier alpha value is -1.46. The number of aromatic amines is 2. The number of H-pyrrole nitrogens is 2. The van der Waals surface area contributed by atoms with E-state index in [0.717, 1.165) is 26.1 Å². The van der Waals surface area contributed by atoms with Crippen LogP contribution in [0, 0.1) is 4.77 Å². The first-order valence-corrected chi connectivity index (χ1v) is 6.14. The summed E-state index contributed by atoms with van der Waals surface area (Å²) in [5.74, 6) is 0. The van der Waals surface area contributed by atoms with Gasteiger partial charge in [0.1, 0.15) is 0 Å². The predicted molar refractivity (Wildman–Crippen MR) is 68.0 cm³/mol. The molecule has 0 fully saturated rings. The molecule has 0 saturated heterocycles. The first-order valence-electron chi connectivity index (χ1n) is 5.73. The standard InChI is InChI=1S/C12H14N4S/c17-12-14-6-9-3-5-16(8-11(9)15-12)7-10-2-1-4-13-10/h1-2,4,6,13H,3,5,7-8H2,(H,14,15,17). The molecule has 2 aromatic rings. The number of nitrogens with zero attached hydrogens (tertiary/aromatic N) is 2. The minimum Gasteiger partial charge on any atom is -0.364 e. The zero-order valence-electron chi connectivity index (χ0n) is 9.44. The molecule has 0 aliphatic carbocycles. The maximum absolute atomic E-state index is 5.06. The van der Waals surface area contributed by atoms with Gasteiger partial charge in [-0.15, -0.1) is 0 Å². The van der Waals surface area contributed by atoms with Gasteiger partial charge in [-0.1, -0.05) is 0 Å². The summed E-state index contributed by atoms with van der Waals surface area (Å²) >= 11 is 5.06. The van der Waals surface area contributed by atoms with E-state index in [1.807, 2.05) is 18.5 Å². The van der Waals surface area contributed by atoms with Crippen LogP contribution in [-0.4, -0.2) is 26.4 Å². The van der Waals surface area contributed by atoms with E-state index in [1.165, 1.54) is 17.0 Å². The SMILES string of the molecule is S=c1ncc2c([nH]1)CN(Cc1ccc[nH]1)CC2. The second-order valence-corrected chi connectivity index (χ2v) is 4.73. The minimum absolute atomic E-state index is 0.575. The lowest BCUT2D eigenvalue weighted by atomic mass is 10.1. The van der Waals surface area contributed by atoms with Crippen molar-refractivity contribution in [1.82, 2.24) is 19.9 Å². The highest BCUT2D eigenvalue weighted by atomic mass is 32.1. The van der Waals surface area contributed by atoms with Gasteiger partial charge in [-0.05, 0) is 36.3 Å². The van der Waals surface area contributed by atoms with Gasteiger partial charge in [0.15, 0.2) is 4.77 Å². The average molecular weight is 246 g/mol. The summed E-state index contributed by atoms with van der Waals surface area (Å²) in [5, 5.41) is 0. The van der Waals surface area contributed by atoms with E-state index >= 15 is 0 Å². The van der Waals surface area contributed by atoms with Gasteiger partial charge in [0.05, 0.1) is 0 Å². The maximum atomic E-state index is 5.06. The van der Waals surface area contributed by atoms with Crippen LogP contribution in [0.4, 0.5) is 0 Å². The third-order valence-electron chi connectivity index (χ3n) is 3.12. The van der Waals surface area contributed by atoms with Crippen molar-refractivity contribution in [2.75, 3.05) is 6.54 Å². The van der Waals surface area contributed by atoms with Crippen molar-refractivity contribution >= 4 is 12.2 Å². The summed E-state index contributed by atoms with van der Waals surface area (Å²) in [5.41, 5.74) is 3.75. The molecule has 17 heavy (non-hydrogen) atoms. The molecular weight excluding hydrogens is 232 g/mol. The zero-order chi connectivity index (χ0) is 11.7. The Labute approximate surface area is 105 Å². The summed E-state index contributed by atoms with van der Waals surface area (Å²) < 4.78 is 0.575. The monoisotopic (exact) mass is 246 g/mol. The highest BCUT2D eigenvalue weighted by Crippen LogP contribution is 2.17. The van der Waals surface area contributed by atoms with Crippen LogP contribution in [0.1, 0.15) is 17.0 Å². The van der Waals surface area contributed by atoms with Crippen molar-refractivity contribution in [2.24, 2.45) is 0 Å². The van der Waals surface area contributed by atoms with Gasteiger partial charge in [0.2, 0.25) is 0 Å². The lowest BCUT2D eigenvalue weighted by Crippen LogP contribution is -2.31. The van der Waals surface area contributed by atoms with Crippen molar-refractivity contribution < 1.29 is 0 Å². The van der Waals surface area contributed by atoms with E-state index in [0.29, 0.717) is 4.77 Å². The highest BCUT2D eigenvalue weighted by Gasteiger charge is 2.17. The Balaban J connectivity index is 1.78. The van der Waals surface area contributed by atoms with Crippen molar-refractivity contribution in [3.63, 3.8) is 0 Å². The fraction of sp³-hybridized carbons (Fsp3) is 0.333. The van der Waals surface area contributed by atoms with Crippen molar-refractivity contribution in [3.8, 4) is 0 Å². The van der Waals surface area contributed by atoms with Gasteiger partial charge in [0.25, 0.3) is 0 Å². The Morgan fingerprint density at radius 3 is 3.24 bits per heavy atom. The normalized spacial score (nSPS) is 15.8. The first kappa shape index (κ1) is 10.7. The molecule has 3 rings (SSSR count). The third-order valence-corrected chi connectivity index (χ3v) is 3.33. The maximum Gasteiger partial charge on any atom is 0.196 e. The van der Waals surface area contributed by atoms with Gasteiger partial charge in [-0.25, -0.2) is 4.98 Å². The zero-order valence-corrected chi connectivity index (χ0v) is 10.3. The van der Waals surface area contributed by atoms with Gasteiger partial charge in [-0.3, -0.25) is 4.90 Å². The molecule has 4 nitrogen and oxygen atoms in total. The molecule has 0 amide bonds. The van der Waals surface area contributed by atoms with Crippen LogP contribution in [0.3, 0.4) is 0 Å². The average Bonchev–Trinajstić information content (AvgIpc) is 2.81. The summed E-state index contributed by atoms with van der Waals surface area (Å²) in [6.45, 7) is 2.94. The fourth-order valence-electron chi connectivity index (χ4n) is 2.24. The topological polar surface area (TPSA) is 47.7 Å². The molecule has 3 heterocycles. The Bertz CT molecular complexity index is 558. The van der Waals surface area contributed by atoms with Crippen LogP contribution in [0.25, 0.3) is 0 Å². The molecule has 0 spiro atoms. The van der Waals surface area contributed by atoms with Crippen molar-refractivity contribution in [3.05, 3.63) is 46.2 Å². The number of hydrogen-bond donors (Lipinski definition) is 2. The summed E-state index contributed by atoms with van der Waals surface area (Å²) in [6.07, 6.45) is 4.90. The Morgan fingerprint density at radius 1 is 1.47 bits per heavy atom. The molecule has 2 N–H and O–H groups in total. The van der Waals surface area contributed by atoms with E-state index in [9.17, 15) is 0 Å². The predicted octanol–water partition coefficient (Wildman–Crippen LogP) is 2.03. The van der Waals surface area contributed by atoms with E-state index in [1.54, 1.807) is 0 Å². The third kappa shape index (κ3) is 2.30. The highest BCUT2D eigenvalue weighted by molar-refractivity contribution is 7.71. The molecule has 88 valence electrons. The molecule has 2 aromatic heterocycles. The summed E-state index contributed by atoms with van der Waals surface area (Å²) in [6, 6.07) is 4.15. The number of aromatic nitrogens is 3. The number of fused-ring (bicyclic) bond motifs is 1. The molecule has 0 saturated carbocycles. The number of nitrogens with one attached hydrogen (secondary N) is 2. The molecule has 0 atom stereocenters. The van der Waals surface area contributed by atoms with Crippen LogP contribution in [-0.2, 0) is 19.5 Å². The van der Waals surface area contributed by atoms with E-state index in [2.05, 4.69) is 25.9 Å². The number of hydrogen-bond acceptors (Lipinski definition) is 3. The largest absolute Gasteiger partial charge is 0.364 e. The van der Waals surface area contributed by atoms with Crippen molar-refractivity contribution in [2.45, 2.75) is 19.5 Å². The summed E-state index contributed by atoms with van der Waals surface area (Å²) in [4.78, 5) is 13.0. The van der Waals surface area contributed by atoms with Gasteiger partial charge in [-0.2, -0.15) is 0 Å². The lowest BCUT2D eigenvalue weighted by Gasteiger charge is -2.27. The first-order chi connectivity index (χ1) is 8.31. The smallest absolute Gasteiger partial charge is 0.196 e. The van der Waals surface area contributed by atoms with E-state index in [4.69, 9.17) is 12.2 Å². The Kier molecular flexibility index (Phi) is 2.78. The van der Waals surface area contributed by atoms with Crippen LogP contribution in [0.15, 0.2) is 24.5 Å². The van der Waals surface area contributed by atoms with Crippen LogP contribution in [0.2, 0.25) is 0 Å². The van der Waals surface area contributed by atoms with Crippen LogP contribution >= 0.6 is 12.2 Å². The minimum atomic E-state index is 0.575. The lowest BCUT2D eigenvalue weighted by molar-refractivity contribution is 0.238. The molecule has 5 heteroatoms. The second kappa shape index (κ2) is 4.43. The van der Waals surface area contributed by atoms with Crippen molar-refractivity contribution in [1.29, 1.82) is 0 Å². The molecule has 0 radical (unpaired) electrons. The Morgan fingerprint density at radius 2 is 2.41 bits per heavy atom. The van der Waals surface area contributed by atoms with Crippen LogP contribution in [0.5, 0.6) is 0 Å². The van der Waals surface area contributed by atoms with E-state index in [-0.39, 0.29) is 0 Å². The summed E-state index contributed by atoms with van der Waals surface area (Å²) in [7, 11) is 0. The fourth-order valence-corrected chi connectivity index (χ4v) is 2.41. The molecular formula is C12H14N4S. The number of rotatable bonds is 2. The quantitative estimate of drug-likeness (QED) is 0.797. The molecule has 1 aliphatic heterocycles.